The number of ether oxygens (including phenoxy) is 1. The molecule has 2 aliphatic rings. The first-order valence-corrected chi connectivity index (χ1v) is 17.7. The zero-order chi connectivity index (χ0) is 33.5. The van der Waals surface area contributed by atoms with Gasteiger partial charge in [0.1, 0.15) is 5.75 Å². The molecule has 1 aliphatic carbocycles. The number of benzene rings is 7. The normalized spacial score (nSPS) is 14.5. The van der Waals surface area contributed by atoms with Crippen molar-refractivity contribution < 1.29 is 4.74 Å². The van der Waals surface area contributed by atoms with Gasteiger partial charge in [-0.2, -0.15) is 4.98 Å². The Balaban J connectivity index is 1.02. The molecule has 1 unspecified atom stereocenters. The van der Waals surface area contributed by atoms with E-state index in [1.807, 2.05) is 18.3 Å². The van der Waals surface area contributed by atoms with E-state index in [-0.39, 0.29) is 0 Å². The molecule has 0 fully saturated rings. The van der Waals surface area contributed by atoms with Crippen molar-refractivity contribution in [1.29, 1.82) is 0 Å². The van der Waals surface area contributed by atoms with Gasteiger partial charge in [-0.1, -0.05) is 127 Å². The molecule has 11 rings (SSSR count). The smallest absolute Gasteiger partial charge is 0.237 e. The number of para-hydroxylation sites is 1. The molecule has 1 atom stereocenters. The average Bonchev–Trinajstić information content (AvgIpc) is 3.42. The van der Waals surface area contributed by atoms with Gasteiger partial charge >= 0.3 is 0 Å². The maximum Gasteiger partial charge on any atom is 0.237 e. The molecular formula is C47H31N3O. The van der Waals surface area contributed by atoms with Crippen LogP contribution in [0.3, 0.4) is 0 Å². The molecule has 1 aliphatic heterocycles. The van der Waals surface area contributed by atoms with Crippen molar-refractivity contribution in [1.82, 2.24) is 14.5 Å². The second kappa shape index (κ2) is 11.0. The van der Waals surface area contributed by atoms with Crippen molar-refractivity contribution in [2.75, 3.05) is 0 Å². The zero-order valence-corrected chi connectivity index (χ0v) is 27.8. The van der Waals surface area contributed by atoms with Crippen molar-refractivity contribution in [3.63, 3.8) is 0 Å². The van der Waals surface area contributed by atoms with E-state index in [1.165, 1.54) is 49.7 Å². The van der Waals surface area contributed by atoms with Crippen molar-refractivity contribution in [3.8, 4) is 51.0 Å². The summed E-state index contributed by atoms with van der Waals surface area (Å²) in [6.07, 6.45) is 4.01. The summed E-state index contributed by atoms with van der Waals surface area (Å²) < 4.78 is 8.60. The van der Waals surface area contributed by atoms with Crippen LogP contribution in [-0.4, -0.2) is 14.5 Å². The Morgan fingerprint density at radius 3 is 2.29 bits per heavy atom. The van der Waals surface area contributed by atoms with Gasteiger partial charge in [0.15, 0.2) is 0 Å². The largest absolute Gasteiger partial charge is 0.438 e. The zero-order valence-electron chi connectivity index (χ0n) is 27.8. The Morgan fingerprint density at radius 1 is 0.588 bits per heavy atom. The van der Waals surface area contributed by atoms with Gasteiger partial charge in [0.2, 0.25) is 11.8 Å². The Labute approximate surface area is 295 Å². The van der Waals surface area contributed by atoms with Gasteiger partial charge in [-0.3, -0.25) is 4.57 Å². The van der Waals surface area contributed by atoms with Crippen LogP contribution < -0.4 is 4.74 Å². The summed E-state index contributed by atoms with van der Waals surface area (Å²) in [5.74, 6) is 2.37. The lowest BCUT2D eigenvalue weighted by atomic mass is 9.86. The summed E-state index contributed by atoms with van der Waals surface area (Å²) in [5.41, 5.74) is 13.5. The van der Waals surface area contributed by atoms with Gasteiger partial charge < -0.3 is 4.74 Å². The number of rotatable bonds is 3. The highest BCUT2D eigenvalue weighted by Crippen LogP contribution is 2.46. The number of aromatic nitrogens is 3. The fraction of sp³-hybridized carbons (Fsp3) is 0.0638. The van der Waals surface area contributed by atoms with Crippen molar-refractivity contribution in [2.24, 2.45) is 0 Å². The third-order valence-electron chi connectivity index (χ3n) is 10.9. The molecule has 0 amide bonds. The van der Waals surface area contributed by atoms with Gasteiger partial charge in [0.25, 0.3) is 0 Å². The first kappa shape index (κ1) is 28.3. The molecule has 51 heavy (non-hydrogen) atoms. The summed E-state index contributed by atoms with van der Waals surface area (Å²) in [6, 6.07) is 54.8. The summed E-state index contributed by atoms with van der Waals surface area (Å²) >= 11 is 0. The fourth-order valence-electron chi connectivity index (χ4n) is 8.59. The number of fused-ring (bicyclic) bond motifs is 8. The van der Waals surface area contributed by atoms with Crippen LogP contribution in [0.15, 0.2) is 158 Å². The van der Waals surface area contributed by atoms with Gasteiger partial charge in [-0.25, -0.2) is 4.98 Å². The van der Waals surface area contributed by atoms with E-state index in [1.54, 1.807) is 0 Å². The Hall–Kier alpha value is -6.52. The van der Waals surface area contributed by atoms with Crippen LogP contribution in [0.2, 0.25) is 0 Å². The first-order valence-electron chi connectivity index (χ1n) is 17.7. The van der Waals surface area contributed by atoms with Crippen molar-refractivity contribution in [2.45, 2.75) is 18.8 Å². The van der Waals surface area contributed by atoms with Gasteiger partial charge in [0.05, 0.1) is 16.6 Å². The highest BCUT2D eigenvalue weighted by Gasteiger charge is 2.25. The predicted molar refractivity (Wildman–Crippen MR) is 207 cm³/mol. The Bertz CT molecular complexity index is 2850. The lowest BCUT2D eigenvalue weighted by Crippen LogP contribution is -2.06. The first-order chi connectivity index (χ1) is 25.3. The standard InChI is InChI=1S/C47H31N3O/c1-2-10-29(11-3-1)34-24-21-33-26-31(20-23-35(33)37-15-5-4-14-36(34)37)32-22-25-43-40(27-32)38-16-6-7-18-42(38)50(43)47-48-28-41-39-17-8-12-30-13-9-19-44(45(30)39)51-46(41)49-47/h1-20,22-23,25-28,34H,21,24H2. The molecule has 0 spiro atoms. The molecule has 0 radical (unpaired) electrons. The number of nitrogens with zero attached hydrogens (tertiary/aromatic N) is 3. The summed E-state index contributed by atoms with van der Waals surface area (Å²) in [6.45, 7) is 0. The third-order valence-corrected chi connectivity index (χ3v) is 10.9. The number of hydrogen-bond donors (Lipinski definition) is 0. The molecule has 240 valence electrons. The molecule has 9 aromatic rings. The van der Waals surface area contributed by atoms with E-state index in [0.717, 1.165) is 51.5 Å². The highest BCUT2D eigenvalue weighted by atomic mass is 16.5. The molecule has 0 saturated heterocycles. The van der Waals surface area contributed by atoms with Crippen LogP contribution in [0.1, 0.15) is 29.0 Å². The highest BCUT2D eigenvalue weighted by molar-refractivity contribution is 6.10. The summed E-state index contributed by atoms with van der Waals surface area (Å²) in [5, 5.41) is 4.59. The van der Waals surface area contributed by atoms with Gasteiger partial charge in [0, 0.05) is 33.8 Å². The number of hydrogen-bond acceptors (Lipinski definition) is 3. The monoisotopic (exact) mass is 653 g/mol. The minimum absolute atomic E-state index is 0.375. The van der Waals surface area contributed by atoms with E-state index >= 15 is 0 Å². The van der Waals surface area contributed by atoms with Crippen molar-refractivity contribution >= 4 is 32.6 Å². The van der Waals surface area contributed by atoms with E-state index in [4.69, 9.17) is 14.7 Å². The summed E-state index contributed by atoms with van der Waals surface area (Å²) in [4.78, 5) is 10.0. The Kier molecular flexibility index (Phi) is 6.11. The second-order valence-corrected chi connectivity index (χ2v) is 13.7. The fourth-order valence-corrected chi connectivity index (χ4v) is 8.59. The maximum absolute atomic E-state index is 6.43. The topological polar surface area (TPSA) is 39.9 Å². The van der Waals surface area contributed by atoms with E-state index in [2.05, 4.69) is 144 Å². The van der Waals surface area contributed by atoms with E-state index in [9.17, 15) is 0 Å². The van der Waals surface area contributed by atoms with E-state index < -0.39 is 0 Å². The maximum atomic E-state index is 6.43. The molecule has 2 aromatic heterocycles. The van der Waals surface area contributed by atoms with E-state index in [0.29, 0.717) is 17.7 Å². The minimum atomic E-state index is 0.375. The molecule has 0 saturated carbocycles. The van der Waals surface area contributed by atoms with Gasteiger partial charge in [-0.15, -0.1) is 0 Å². The molecule has 0 bridgehead atoms. The Morgan fingerprint density at radius 2 is 1.35 bits per heavy atom. The van der Waals surface area contributed by atoms with Crippen LogP contribution >= 0.6 is 0 Å². The molecule has 4 nitrogen and oxygen atoms in total. The molecule has 7 aromatic carbocycles. The van der Waals surface area contributed by atoms with Crippen molar-refractivity contribution in [3.05, 3.63) is 175 Å². The third kappa shape index (κ3) is 4.33. The predicted octanol–water partition coefficient (Wildman–Crippen LogP) is 11.9. The molecular weight excluding hydrogens is 623 g/mol. The average molecular weight is 654 g/mol. The minimum Gasteiger partial charge on any atom is -0.438 e. The molecule has 0 N–H and O–H groups in total. The van der Waals surface area contributed by atoms with Crippen LogP contribution in [0, 0.1) is 0 Å². The summed E-state index contributed by atoms with van der Waals surface area (Å²) in [7, 11) is 0. The molecule has 4 heteroatoms. The van der Waals surface area contributed by atoms with Gasteiger partial charge in [-0.05, 0) is 81.4 Å². The SMILES string of the molecule is c1ccc(C2CCc3cc(-c4ccc5c(c4)c4ccccc4n5-c4ncc5c(n4)Oc4cccc6cccc-5c46)ccc3-c3ccccc32)cc1. The van der Waals surface area contributed by atoms with Crippen LogP contribution in [-0.2, 0) is 6.42 Å². The quantitative estimate of drug-likeness (QED) is 0.190. The number of aryl methyl sites for hydroxylation is 1. The second-order valence-electron chi connectivity index (χ2n) is 13.7. The van der Waals surface area contributed by atoms with Crippen LogP contribution in [0.25, 0.3) is 71.9 Å². The molecule has 3 heterocycles. The lowest BCUT2D eigenvalue weighted by molar-refractivity contribution is 0.465. The van der Waals surface area contributed by atoms with Crippen LogP contribution in [0.5, 0.6) is 11.6 Å². The van der Waals surface area contributed by atoms with Crippen LogP contribution in [0.4, 0.5) is 0 Å². The lowest BCUT2D eigenvalue weighted by Gasteiger charge is -2.20.